The van der Waals surface area contributed by atoms with E-state index in [4.69, 9.17) is 4.42 Å². The zero-order chi connectivity index (χ0) is 36.7. The average Bonchev–Trinajstić information content (AvgIpc) is 3.95. The van der Waals surface area contributed by atoms with E-state index >= 15 is 0 Å². The highest BCUT2D eigenvalue weighted by Crippen LogP contribution is 2.48. The number of anilines is 3. The summed E-state index contributed by atoms with van der Waals surface area (Å²) in [5.74, 6) is 0. The summed E-state index contributed by atoms with van der Waals surface area (Å²) < 4.78 is 11.8. The molecule has 0 saturated carbocycles. The Morgan fingerprint density at radius 2 is 1.02 bits per heavy atom. The van der Waals surface area contributed by atoms with Gasteiger partial charge in [-0.15, -0.1) is 22.7 Å². The average molecular weight is 750 g/mol. The van der Waals surface area contributed by atoms with Crippen molar-refractivity contribution in [1.82, 2.24) is 0 Å². The van der Waals surface area contributed by atoms with Crippen LogP contribution in [0.2, 0.25) is 0 Å². The summed E-state index contributed by atoms with van der Waals surface area (Å²) in [5, 5.41) is 10.1. The van der Waals surface area contributed by atoms with E-state index in [9.17, 15) is 0 Å². The van der Waals surface area contributed by atoms with E-state index in [1.165, 1.54) is 73.4 Å². The summed E-state index contributed by atoms with van der Waals surface area (Å²) in [6.07, 6.45) is 0. The van der Waals surface area contributed by atoms with Crippen molar-refractivity contribution < 1.29 is 4.42 Å². The molecular formula is C52H31NOS2. The maximum Gasteiger partial charge on any atom is 0.136 e. The lowest BCUT2D eigenvalue weighted by Crippen LogP contribution is -2.10. The quantitative estimate of drug-likeness (QED) is 0.174. The van der Waals surface area contributed by atoms with Gasteiger partial charge in [0.2, 0.25) is 0 Å². The summed E-state index contributed by atoms with van der Waals surface area (Å²) >= 11 is 3.79. The van der Waals surface area contributed by atoms with E-state index in [1.807, 2.05) is 22.7 Å². The smallest absolute Gasteiger partial charge is 0.136 e. The summed E-state index contributed by atoms with van der Waals surface area (Å²) in [6, 6.07) is 68.3. The first kappa shape index (κ1) is 31.6. The predicted molar refractivity (Wildman–Crippen MR) is 243 cm³/mol. The van der Waals surface area contributed by atoms with Crippen LogP contribution in [0.15, 0.2) is 192 Å². The van der Waals surface area contributed by atoms with Gasteiger partial charge in [-0.3, -0.25) is 0 Å². The van der Waals surface area contributed by atoms with Gasteiger partial charge in [-0.25, -0.2) is 0 Å². The maximum atomic E-state index is 6.44. The van der Waals surface area contributed by atoms with Crippen LogP contribution in [0.3, 0.4) is 0 Å². The highest BCUT2D eigenvalue weighted by molar-refractivity contribution is 7.28. The monoisotopic (exact) mass is 749 g/mol. The predicted octanol–water partition coefficient (Wildman–Crippen LogP) is 16.3. The highest BCUT2D eigenvalue weighted by Gasteiger charge is 2.20. The zero-order valence-electron chi connectivity index (χ0n) is 30.1. The summed E-state index contributed by atoms with van der Waals surface area (Å²) in [5.41, 5.74) is 9.88. The fraction of sp³-hybridized carbons (Fsp3) is 0. The molecule has 2 nitrogen and oxygen atoms in total. The Bertz CT molecular complexity index is 3480. The molecule has 12 aromatic rings. The molecule has 3 heterocycles. The van der Waals surface area contributed by atoms with E-state index < -0.39 is 0 Å². The second kappa shape index (κ2) is 12.4. The van der Waals surface area contributed by atoms with E-state index in [0.29, 0.717) is 0 Å². The molecule has 4 heteroatoms. The molecule has 0 aliphatic rings. The number of benzene rings is 9. The number of furan rings is 1. The van der Waals surface area contributed by atoms with E-state index in [-0.39, 0.29) is 0 Å². The topological polar surface area (TPSA) is 16.4 Å². The van der Waals surface area contributed by atoms with Gasteiger partial charge >= 0.3 is 0 Å². The van der Waals surface area contributed by atoms with Crippen LogP contribution in [0.4, 0.5) is 17.1 Å². The van der Waals surface area contributed by atoms with Crippen LogP contribution in [0.1, 0.15) is 0 Å². The van der Waals surface area contributed by atoms with E-state index in [1.54, 1.807) is 0 Å². The Labute approximate surface area is 330 Å². The van der Waals surface area contributed by atoms with Crippen LogP contribution in [0.5, 0.6) is 0 Å². The molecule has 3 aromatic heterocycles. The van der Waals surface area contributed by atoms with Gasteiger partial charge in [0.15, 0.2) is 0 Å². The standard InChI is InChI=1S/C52H31NOS2/c1-2-10-32(11-3-1)33-20-23-36(24-21-33)53(38-25-27-44-43(31-38)49-39-15-5-4-12-34(39)22-26-45(49)54-44)37-14-8-13-35(30-37)40-17-9-18-42-51-48(56-52(40)42)29-28-47-50(51)41-16-6-7-19-46(41)55-47/h1-31H. The molecule has 12 rings (SSSR count). The molecular weight excluding hydrogens is 719 g/mol. The van der Waals surface area contributed by atoms with Crippen LogP contribution in [-0.2, 0) is 0 Å². The Kier molecular flexibility index (Phi) is 7.00. The third-order valence-corrected chi connectivity index (χ3v) is 13.6. The number of rotatable bonds is 5. The number of hydrogen-bond acceptors (Lipinski definition) is 4. The largest absolute Gasteiger partial charge is 0.456 e. The minimum Gasteiger partial charge on any atom is -0.456 e. The van der Waals surface area contributed by atoms with Gasteiger partial charge in [-0.2, -0.15) is 0 Å². The fourth-order valence-corrected chi connectivity index (χ4v) is 11.1. The Morgan fingerprint density at radius 3 is 1.91 bits per heavy atom. The minimum absolute atomic E-state index is 0.886. The van der Waals surface area contributed by atoms with Crippen molar-refractivity contribution in [3.8, 4) is 22.3 Å². The summed E-state index contributed by atoms with van der Waals surface area (Å²) in [6.45, 7) is 0. The van der Waals surface area contributed by atoms with Gasteiger partial charge in [0, 0.05) is 68.2 Å². The normalized spacial score (nSPS) is 11.9. The van der Waals surface area contributed by atoms with Crippen LogP contribution >= 0.6 is 22.7 Å². The van der Waals surface area contributed by atoms with Crippen LogP contribution in [0.25, 0.3) is 95.3 Å². The molecule has 0 saturated heterocycles. The SMILES string of the molecule is c1ccc(-c2ccc(N(c3cccc(-c4cccc5c4sc4ccc6sc7ccccc7c6c45)c3)c3ccc4oc5ccc6ccccc6c5c4c3)cc2)cc1. The molecule has 0 atom stereocenters. The van der Waals surface area contributed by atoms with E-state index in [2.05, 4.69) is 193 Å². The molecule has 0 unspecified atom stereocenters. The maximum absolute atomic E-state index is 6.44. The number of fused-ring (bicyclic) bond motifs is 12. The zero-order valence-corrected chi connectivity index (χ0v) is 31.7. The summed E-state index contributed by atoms with van der Waals surface area (Å²) in [4.78, 5) is 2.38. The van der Waals surface area contributed by atoms with Gasteiger partial charge in [0.25, 0.3) is 0 Å². The lowest BCUT2D eigenvalue weighted by Gasteiger charge is -2.26. The van der Waals surface area contributed by atoms with Gasteiger partial charge in [0.1, 0.15) is 11.2 Å². The van der Waals surface area contributed by atoms with Gasteiger partial charge in [-0.1, -0.05) is 121 Å². The lowest BCUT2D eigenvalue weighted by molar-refractivity contribution is 0.669. The molecule has 0 spiro atoms. The first-order chi connectivity index (χ1) is 27.7. The first-order valence-corrected chi connectivity index (χ1v) is 20.5. The molecule has 0 amide bonds. The van der Waals surface area contributed by atoms with Crippen molar-refractivity contribution in [2.45, 2.75) is 0 Å². The molecule has 0 radical (unpaired) electrons. The number of hydrogen-bond donors (Lipinski definition) is 0. The van der Waals surface area contributed by atoms with Crippen molar-refractivity contribution in [3.63, 3.8) is 0 Å². The molecule has 262 valence electrons. The third kappa shape index (κ3) is 4.86. The van der Waals surface area contributed by atoms with Crippen LogP contribution < -0.4 is 4.90 Å². The third-order valence-electron chi connectivity index (χ3n) is 11.3. The Balaban J connectivity index is 1.05. The second-order valence-corrected chi connectivity index (χ2v) is 16.6. The van der Waals surface area contributed by atoms with Crippen LogP contribution in [0, 0.1) is 0 Å². The molecule has 0 aliphatic carbocycles. The number of thiophene rings is 2. The van der Waals surface area contributed by atoms with Crippen molar-refractivity contribution in [1.29, 1.82) is 0 Å². The second-order valence-electron chi connectivity index (χ2n) is 14.4. The molecule has 0 bridgehead atoms. The van der Waals surface area contributed by atoms with Gasteiger partial charge < -0.3 is 9.32 Å². The molecule has 0 fully saturated rings. The van der Waals surface area contributed by atoms with Crippen molar-refractivity contribution in [3.05, 3.63) is 188 Å². The number of nitrogens with zero attached hydrogens (tertiary/aromatic N) is 1. The lowest BCUT2D eigenvalue weighted by atomic mass is 9.99. The molecule has 9 aromatic carbocycles. The van der Waals surface area contributed by atoms with E-state index in [0.717, 1.165) is 39.0 Å². The molecule has 0 N–H and O–H groups in total. The van der Waals surface area contributed by atoms with Crippen molar-refractivity contribution in [2.24, 2.45) is 0 Å². The molecule has 0 aliphatic heterocycles. The van der Waals surface area contributed by atoms with Gasteiger partial charge in [0.05, 0.1) is 0 Å². The van der Waals surface area contributed by atoms with Crippen molar-refractivity contribution >= 4 is 113 Å². The molecule has 56 heavy (non-hydrogen) atoms. The minimum atomic E-state index is 0.886. The Hall–Kier alpha value is -6.72. The van der Waals surface area contributed by atoms with Crippen LogP contribution in [-0.4, -0.2) is 0 Å². The summed E-state index contributed by atoms with van der Waals surface area (Å²) in [7, 11) is 0. The highest BCUT2D eigenvalue weighted by atomic mass is 32.1. The fourth-order valence-electron chi connectivity index (χ4n) is 8.70. The van der Waals surface area contributed by atoms with Gasteiger partial charge in [-0.05, 0) is 99.8 Å². The van der Waals surface area contributed by atoms with Crippen molar-refractivity contribution in [2.75, 3.05) is 4.90 Å². The first-order valence-electron chi connectivity index (χ1n) is 18.9. The Morgan fingerprint density at radius 1 is 0.357 bits per heavy atom.